The third-order valence-electron chi connectivity index (χ3n) is 3.43. The Morgan fingerprint density at radius 1 is 1.19 bits per heavy atom. The smallest absolute Gasteiger partial charge is 0.314 e. The van der Waals surface area contributed by atoms with E-state index in [2.05, 4.69) is 15.9 Å². The fourth-order valence-electron chi connectivity index (χ4n) is 2.41. The maximum absolute atomic E-state index is 12.6. The number of aliphatic carboxylic acids is 1. The van der Waals surface area contributed by atoms with E-state index in [0.717, 1.165) is 0 Å². The molecule has 0 saturated heterocycles. The van der Waals surface area contributed by atoms with E-state index in [-0.39, 0.29) is 12.4 Å². The monoisotopic (exact) mass is 346 g/mol. The highest BCUT2D eigenvalue weighted by Gasteiger charge is 2.34. The summed E-state index contributed by atoms with van der Waals surface area (Å²) in [6, 6.07) is 12.2. The van der Waals surface area contributed by atoms with Crippen molar-refractivity contribution >= 4 is 27.7 Å². The maximum Gasteiger partial charge on any atom is 0.314 e. The van der Waals surface area contributed by atoms with Crippen LogP contribution in [-0.2, 0) is 4.79 Å². The van der Waals surface area contributed by atoms with E-state index in [0.29, 0.717) is 26.9 Å². The summed E-state index contributed by atoms with van der Waals surface area (Å²) in [6.45, 7) is 0.0518. The first kappa shape index (κ1) is 13.8. The highest BCUT2D eigenvalue weighted by atomic mass is 79.9. The first-order chi connectivity index (χ1) is 10.1. The molecular formula is C16H11BrO4. The van der Waals surface area contributed by atoms with Crippen LogP contribution in [0.3, 0.4) is 0 Å². The van der Waals surface area contributed by atoms with Crippen molar-refractivity contribution in [3.63, 3.8) is 0 Å². The van der Waals surface area contributed by atoms with Crippen molar-refractivity contribution in [1.82, 2.24) is 0 Å². The lowest BCUT2D eigenvalue weighted by Crippen LogP contribution is -2.12. The predicted molar refractivity (Wildman–Crippen MR) is 79.9 cm³/mol. The van der Waals surface area contributed by atoms with Crippen molar-refractivity contribution in [2.24, 2.45) is 0 Å². The van der Waals surface area contributed by atoms with Gasteiger partial charge in [0.05, 0.1) is 5.56 Å². The van der Waals surface area contributed by atoms with Gasteiger partial charge in [-0.2, -0.15) is 0 Å². The standard InChI is InChI=1S/C16H11BrO4/c17-10-6-11-13(16(19)20)8-21-15(11)12(7-10)14(18)9-4-2-1-3-5-9/h1-7,13H,8H2,(H,19,20). The van der Waals surface area contributed by atoms with Crippen LogP contribution in [-0.4, -0.2) is 23.5 Å². The van der Waals surface area contributed by atoms with Crippen LogP contribution < -0.4 is 4.74 Å². The van der Waals surface area contributed by atoms with Gasteiger partial charge in [-0.05, 0) is 12.1 Å². The molecule has 1 unspecified atom stereocenters. The Labute approximate surface area is 129 Å². The number of hydrogen-bond donors (Lipinski definition) is 1. The van der Waals surface area contributed by atoms with Gasteiger partial charge < -0.3 is 9.84 Å². The number of halogens is 1. The number of fused-ring (bicyclic) bond motifs is 1. The Hall–Kier alpha value is -2.14. The largest absolute Gasteiger partial charge is 0.491 e. The molecule has 5 heteroatoms. The molecule has 2 aromatic rings. The van der Waals surface area contributed by atoms with Crippen LogP contribution in [0.2, 0.25) is 0 Å². The molecule has 0 amide bonds. The van der Waals surface area contributed by atoms with E-state index < -0.39 is 11.9 Å². The van der Waals surface area contributed by atoms with Gasteiger partial charge in [0.2, 0.25) is 0 Å². The number of ether oxygens (including phenoxy) is 1. The van der Waals surface area contributed by atoms with Gasteiger partial charge in [0.15, 0.2) is 5.78 Å². The zero-order valence-electron chi connectivity index (χ0n) is 10.9. The summed E-state index contributed by atoms with van der Waals surface area (Å²) in [5.41, 5.74) is 1.46. The fourth-order valence-corrected chi connectivity index (χ4v) is 2.88. The number of hydrogen-bond acceptors (Lipinski definition) is 3. The van der Waals surface area contributed by atoms with Gasteiger partial charge in [0, 0.05) is 15.6 Å². The van der Waals surface area contributed by atoms with Crippen LogP contribution in [0.25, 0.3) is 0 Å². The number of carbonyl (C=O) groups excluding carboxylic acids is 1. The van der Waals surface area contributed by atoms with E-state index in [1.165, 1.54) is 0 Å². The number of carboxylic acids is 1. The van der Waals surface area contributed by atoms with Crippen LogP contribution in [0.4, 0.5) is 0 Å². The average molecular weight is 347 g/mol. The summed E-state index contributed by atoms with van der Waals surface area (Å²) < 4.78 is 6.14. The number of benzene rings is 2. The van der Waals surface area contributed by atoms with Crippen molar-refractivity contribution in [3.8, 4) is 5.75 Å². The molecule has 1 aliphatic rings. The lowest BCUT2D eigenvalue weighted by atomic mass is 9.95. The molecule has 0 saturated carbocycles. The maximum atomic E-state index is 12.6. The predicted octanol–water partition coefficient (Wildman–Crippen LogP) is 3.24. The Morgan fingerprint density at radius 3 is 2.57 bits per heavy atom. The van der Waals surface area contributed by atoms with Crippen LogP contribution in [0, 0.1) is 0 Å². The molecule has 1 heterocycles. The summed E-state index contributed by atoms with van der Waals surface area (Å²) in [6.07, 6.45) is 0. The Kier molecular flexibility index (Phi) is 3.51. The summed E-state index contributed by atoms with van der Waals surface area (Å²) in [5, 5.41) is 9.22. The van der Waals surface area contributed by atoms with E-state index in [4.69, 9.17) is 4.74 Å². The Balaban J connectivity index is 2.11. The SMILES string of the molecule is O=C(c1ccccc1)c1cc(Br)cc2c1OCC2C(=O)O. The molecule has 2 aromatic carbocycles. The highest BCUT2D eigenvalue weighted by molar-refractivity contribution is 9.10. The number of carbonyl (C=O) groups is 2. The van der Waals surface area contributed by atoms with E-state index in [1.54, 1.807) is 36.4 Å². The normalized spacial score (nSPS) is 16.1. The molecule has 1 N–H and O–H groups in total. The van der Waals surface area contributed by atoms with Gasteiger partial charge in [0.1, 0.15) is 18.3 Å². The number of carboxylic acid groups (broad SMARTS) is 1. The van der Waals surface area contributed by atoms with E-state index in [1.807, 2.05) is 6.07 Å². The van der Waals surface area contributed by atoms with Crippen molar-refractivity contribution in [3.05, 3.63) is 63.6 Å². The first-order valence-corrected chi connectivity index (χ1v) is 7.16. The van der Waals surface area contributed by atoms with Gasteiger partial charge in [-0.15, -0.1) is 0 Å². The Bertz CT molecular complexity index is 725. The van der Waals surface area contributed by atoms with E-state index in [9.17, 15) is 14.7 Å². The molecule has 1 aliphatic heterocycles. The van der Waals surface area contributed by atoms with Gasteiger partial charge in [0.25, 0.3) is 0 Å². The highest BCUT2D eigenvalue weighted by Crippen LogP contribution is 2.40. The fraction of sp³-hybridized carbons (Fsp3) is 0.125. The van der Waals surface area contributed by atoms with Gasteiger partial charge >= 0.3 is 5.97 Å². The van der Waals surface area contributed by atoms with Crippen LogP contribution in [0.5, 0.6) is 5.75 Å². The molecule has 0 fully saturated rings. The van der Waals surface area contributed by atoms with Gasteiger partial charge in [-0.3, -0.25) is 9.59 Å². The second-order valence-corrected chi connectivity index (χ2v) is 5.68. The van der Waals surface area contributed by atoms with Crippen LogP contribution in [0.1, 0.15) is 27.4 Å². The minimum Gasteiger partial charge on any atom is -0.491 e. The minimum atomic E-state index is -0.954. The molecule has 3 rings (SSSR count). The minimum absolute atomic E-state index is 0.0518. The summed E-state index contributed by atoms with van der Waals surface area (Å²) >= 11 is 3.33. The van der Waals surface area contributed by atoms with E-state index >= 15 is 0 Å². The zero-order chi connectivity index (χ0) is 15.0. The first-order valence-electron chi connectivity index (χ1n) is 6.36. The van der Waals surface area contributed by atoms with Crippen molar-refractivity contribution in [2.75, 3.05) is 6.61 Å². The molecule has 0 bridgehead atoms. The number of ketones is 1. The molecule has 4 nitrogen and oxygen atoms in total. The molecule has 106 valence electrons. The van der Waals surface area contributed by atoms with Crippen molar-refractivity contribution in [1.29, 1.82) is 0 Å². The second kappa shape index (κ2) is 5.33. The molecule has 0 aliphatic carbocycles. The summed E-state index contributed by atoms with van der Waals surface area (Å²) in [4.78, 5) is 23.8. The van der Waals surface area contributed by atoms with Gasteiger partial charge in [-0.25, -0.2) is 0 Å². The summed E-state index contributed by atoms with van der Waals surface area (Å²) in [7, 11) is 0. The number of rotatable bonds is 3. The second-order valence-electron chi connectivity index (χ2n) is 4.77. The molecular weight excluding hydrogens is 336 g/mol. The Morgan fingerprint density at radius 2 is 1.90 bits per heavy atom. The third-order valence-corrected chi connectivity index (χ3v) is 3.89. The quantitative estimate of drug-likeness (QED) is 0.866. The van der Waals surface area contributed by atoms with Gasteiger partial charge in [-0.1, -0.05) is 46.3 Å². The van der Waals surface area contributed by atoms with Crippen LogP contribution >= 0.6 is 15.9 Å². The molecule has 0 spiro atoms. The molecule has 21 heavy (non-hydrogen) atoms. The molecule has 0 radical (unpaired) electrons. The lowest BCUT2D eigenvalue weighted by molar-refractivity contribution is -0.138. The molecule has 0 aromatic heterocycles. The zero-order valence-corrected chi connectivity index (χ0v) is 12.5. The molecule has 1 atom stereocenters. The van der Waals surface area contributed by atoms with Crippen molar-refractivity contribution < 1.29 is 19.4 Å². The van der Waals surface area contributed by atoms with Crippen molar-refractivity contribution in [2.45, 2.75) is 5.92 Å². The average Bonchev–Trinajstić information content (AvgIpc) is 2.90. The topological polar surface area (TPSA) is 63.6 Å². The van der Waals surface area contributed by atoms with Crippen LogP contribution in [0.15, 0.2) is 46.9 Å². The lowest BCUT2D eigenvalue weighted by Gasteiger charge is -2.09. The third kappa shape index (κ3) is 2.45. The summed E-state index contributed by atoms with van der Waals surface area (Å²) in [5.74, 6) is -1.50.